The molecule has 0 amide bonds. The molecule has 4 heteroatoms. The van der Waals surface area contributed by atoms with Crippen molar-refractivity contribution in [2.45, 2.75) is 32.7 Å². The first-order chi connectivity index (χ1) is 7.54. The molecule has 0 aliphatic heterocycles. The highest BCUT2D eigenvalue weighted by Gasteiger charge is 2.11. The van der Waals surface area contributed by atoms with E-state index in [0.717, 1.165) is 28.6 Å². The van der Waals surface area contributed by atoms with Crippen molar-refractivity contribution in [3.05, 3.63) is 28.2 Å². The van der Waals surface area contributed by atoms with E-state index in [0.29, 0.717) is 5.92 Å². The summed E-state index contributed by atoms with van der Waals surface area (Å²) < 4.78 is 6.27. The minimum Gasteiger partial charge on any atom is -0.497 e. The van der Waals surface area contributed by atoms with Crippen molar-refractivity contribution in [1.82, 2.24) is 0 Å². The first-order valence-corrected chi connectivity index (χ1v) is 6.43. The van der Waals surface area contributed by atoms with Gasteiger partial charge >= 0.3 is 0 Å². The van der Waals surface area contributed by atoms with Crippen LogP contribution in [0.25, 0.3) is 0 Å². The van der Waals surface area contributed by atoms with E-state index in [1.807, 2.05) is 18.2 Å². The van der Waals surface area contributed by atoms with Gasteiger partial charge in [-0.15, -0.1) is 12.4 Å². The quantitative estimate of drug-likeness (QED) is 0.876. The highest BCUT2D eigenvalue weighted by atomic mass is 79.9. The van der Waals surface area contributed by atoms with Gasteiger partial charge in [0.2, 0.25) is 0 Å². The number of benzene rings is 1. The largest absolute Gasteiger partial charge is 0.497 e. The highest BCUT2D eigenvalue weighted by Crippen LogP contribution is 2.29. The second kappa shape index (κ2) is 7.96. The summed E-state index contributed by atoms with van der Waals surface area (Å²) in [7, 11) is 1.67. The zero-order valence-electron chi connectivity index (χ0n) is 10.6. The first-order valence-electron chi connectivity index (χ1n) is 5.63. The Labute approximate surface area is 118 Å². The number of rotatable bonds is 5. The number of methoxy groups -OCH3 is 1. The maximum absolute atomic E-state index is 6.18. The molecule has 0 bridgehead atoms. The van der Waals surface area contributed by atoms with Crippen LogP contribution in [0.15, 0.2) is 22.7 Å². The number of hydrogen-bond acceptors (Lipinski definition) is 2. The maximum atomic E-state index is 6.18. The molecular weight excluding hydrogens is 302 g/mol. The molecule has 2 N–H and O–H groups in total. The van der Waals surface area contributed by atoms with Crippen LogP contribution in [0.4, 0.5) is 0 Å². The zero-order chi connectivity index (χ0) is 12.1. The van der Waals surface area contributed by atoms with Gasteiger partial charge in [0.05, 0.1) is 7.11 Å². The van der Waals surface area contributed by atoms with E-state index in [4.69, 9.17) is 10.5 Å². The van der Waals surface area contributed by atoms with E-state index in [2.05, 4.69) is 29.8 Å². The van der Waals surface area contributed by atoms with Gasteiger partial charge in [-0.3, -0.25) is 0 Å². The molecule has 0 saturated heterocycles. The van der Waals surface area contributed by atoms with Gasteiger partial charge in [-0.2, -0.15) is 0 Å². The van der Waals surface area contributed by atoms with Gasteiger partial charge < -0.3 is 10.5 Å². The van der Waals surface area contributed by atoms with Crippen molar-refractivity contribution in [2.24, 2.45) is 11.7 Å². The highest BCUT2D eigenvalue weighted by molar-refractivity contribution is 9.10. The molecule has 17 heavy (non-hydrogen) atoms. The van der Waals surface area contributed by atoms with Crippen LogP contribution >= 0.6 is 28.3 Å². The van der Waals surface area contributed by atoms with E-state index in [-0.39, 0.29) is 18.4 Å². The molecular formula is C13H21BrClNO. The van der Waals surface area contributed by atoms with Crippen molar-refractivity contribution in [2.75, 3.05) is 7.11 Å². The number of ether oxygens (including phenoxy) is 1. The van der Waals surface area contributed by atoms with Crippen LogP contribution in [-0.2, 0) is 0 Å². The van der Waals surface area contributed by atoms with Crippen molar-refractivity contribution in [3.63, 3.8) is 0 Å². The Morgan fingerprint density at radius 2 is 1.94 bits per heavy atom. The minimum absolute atomic E-state index is 0. The summed E-state index contributed by atoms with van der Waals surface area (Å²) in [5.41, 5.74) is 7.31. The lowest BCUT2D eigenvalue weighted by Crippen LogP contribution is -2.12. The van der Waals surface area contributed by atoms with Crippen molar-refractivity contribution >= 4 is 28.3 Å². The number of nitrogens with two attached hydrogens (primary N) is 1. The van der Waals surface area contributed by atoms with Gasteiger partial charge in [-0.1, -0.05) is 29.8 Å². The lowest BCUT2D eigenvalue weighted by molar-refractivity contribution is 0.413. The van der Waals surface area contributed by atoms with Gasteiger partial charge in [0.15, 0.2) is 0 Å². The van der Waals surface area contributed by atoms with E-state index in [1.54, 1.807) is 7.11 Å². The molecule has 1 atom stereocenters. The van der Waals surface area contributed by atoms with Crippen molar-refractivity contribution in [1.29, 1.82) is 0 Å². The smallest absolute Gasteiger partial charge is 0.119 e. The van der Waals surface area contributed by atoms with Crippen LogP contribution in [0, 0.1) is 5.92 Å². The molecule has 0 aliphatic carbocycles. The van der Waals surface area contributed by atoms with E-state index >= 15 is 0 Å². The van der Waals surface area contributed by atoms with E-state index in [9.17, 15) is 0 Å². The monoisotopic (exact) mass is 321 g/mol. The lowest BCUT2D eigenvalue weighted by atomic mass is 9.98. The van der Waals surface area contributed by atoms with Gasteiger partial charge in [0.1, 0.15) is 5.75 Å². The Bertz CT molecular complexity index is 344. The predicted octanol–water partition coefficient (Wildman–Crippen LogP) is 4.32. The van der Waals surface area contributed by atoms with Crippen LogP contribution in [0.2, 0.25) is 0 Å². The normalized spacial score (nSPS) is 12.1. The third-order valence-corrected chi connectivity index (χ3v) is 3.38. The molecule has 0 aromatic heterocycles. The molecule has 0 fully saturated rings. The Morgan fingerprint density at radius 1 is 1.29 bits per heavy atom. The van der Waals surface area contributed by atoms with Crippen LogP contribution < -0.4 is 10.5 Å². The van der Waals surface area contributed by atoms with E-state index in [1.165, 1.54) is 0 Å². The van der Waals surface area contributed by atoms with Crippen LogP contribution in [0.1, 0.15) is 38.3 Å². The van der Waals surface area contributed by atoms with Gasteiger partial charge in [0.25, 0.3) is 0 Å². The van der Waals surface area contributed by atoms with Gasteiger partial charge in [-0.05, 0) is 42.5 Å². The second-order valence-electron chi connectivity index (χ2n) is 4.47. The molecule has 0 unspecified atom stereocenters. The molecule has 1 aromatic rings. The summed E-state index contributed by atoms with van der Waals surface area (Å²) in [4.78, 5) is 0. The zero-order valence-corrected chi connectivity index (χ0v) is 13.0. The minimum atomic E-state index is 0. The first kappa shape index (κ1) is 16.8. The Kier molecular flexibility index (Phi) is 7.84. The fourth-order valence-corrected chi connectivity index (χ4v) is 2.14. The number of halogens is 2. The van der Waals surface area contributed by atoms with E-state index < -0.39 is 0 Å². The SMILES string of the molecule is COc1ccc(Br)c([C@H](N)CCC(C)C)c1.Cl. The average molecular weight is 323 g/mol. The Hall–Kier alpha value is -0.250. The summed E-state index contributed by atoms with van der Waals surface area (Å²) in [5, 5.41) is 0. The maximum Gasteiger partial charge on any atom is 0.119 e. The van der Waals surface area contributed by atoms with Crippen molar-refractivity contribution in [3.8, 4) is 5.75 Å². The standard InChI is InChI=1S/C13H20BrNO.ClH/c1-9(2)4-7-13(15)11-8-10(16-3)5-6-12(11)14;/h5-6,8-9,13H,4,7,15H2,1-3H3;1H/t13-;/m1./s1. The van der Waals surface area contributed by atoms with Crippen LogP contribution in [0.5, 0.6) is 5.75 Å². The van der Waals surface area contributed by atoms with Crippen LogP contribution in [0.3, 0.4) is 0 Å². The predicted molar refractivity (Wildman–Crippen MR) is 78.9 cm³/mol. The Morgan fingerprint density at radius 3 is 2.47 bits per heavy atom. The summed E-state index contributed by atoms with van der Waals surface area (Å²) in [5.74, 6) is 1.55. The summed E-state index contributed by atoms with van der Waals surface area (Å²) >= 11 is 3.53. The third kappa shape index (κ3) is 5.28. The van der Waals surface area contributed by atoms with Gasteiger partial charge in [0, 0.05) is 10.5 Å². The summed E-state index contributed by atoms with van der Waals surface area (Å²) in [6, 6.07) is 6.01. The Balaban J connectivity index is 0.00000256. The fraction of sp³-hybridized carbons (Fsp3) is 0.538. The van der Waals surface area contributed by atoms with Crippen molar-refractivity contribution < 1.29 is 4.74 Å². The summed E-state index contributed by atoms with van der Waals surface area (Å²) in [6.07, 6.45) is 2.15. The molecule has 2 nitrogen and oxygen atoms in total. The molecule has 0 saturated carbocycles. The molecule has 1 aromatic carbocycles. The molecule has 0 aliphatic rings. The molecule has 0 radical (unpaired) electrons. The lowest BCUT2D eigenvalue weighted by Gasteiger charge is -2.16. The third-order valence-electron chi connectivity index (χ3n) is 2.66. The molecule has 0 spiro atoms. The topological polar surface area (TPSA) is 35.2 Å². The molecule has 0 heterocycles. The molecule has 98 valence electrons. The number of hydrogen-bond donors (Lipinski definition) is 1. The average Bonchev–Trinajstić information content (AvgIpc) is 2.26. The summed E-state index contributed by atoms with van der Waals surface area (Å²) in [6.45, 7) is 4.43. The van der Waals surface area contributed by atoms with Crippen LogP contribution in [-0.4, -0.2) is 7.11 Å². The molecule has 1 rings (SSSR count). The second-order valence-corrected chi connectivity index (χ2v) is 5.32. The van der Waals surface area contributed by atoms with Gasteiger partial charge in [-0.25, -0.2) is 0 Å². The fourth-order valence-electron chi connectivity index (χ4n) is 1.60.